The van der Waals surface area contributed by atoms with Crippen molar-refractivity contribution in [3.8, 4) is 0 Å². The maximum absolute atomic E-state index is 11.4. The Labute approximate surface area is 102 Å². The first-order valence-electron chi connectivity index (χ1n) is 5.31. The van der Waals surface area contributed by atoms with Crippen molar-refractivity contribution in [2.45, 2.75) is 19.1 Å². The molecule has 0 saturated carbocycles. The maximum Gasteiger partial charge on any atom is 0.472 e. The Morgan fingerprint density at radius 1 is 1.35 bits per heavy atom. The predicted molar refractivity (Wildman–Crippen MR) is 62.3 cm³/mol. The van der Waals surface area contributed by atoms with E-state index in [0.717, 1.165) is 0 Å². The lowest BCUT2D eigenvalue weighted by molar-refractivity contribution is -0.873. The summed E-state index contributed by atoms with van der Waals surface area (Å²) in [5.41, 5.74) is 0. The van der Waals surface area contributed by atoms with Crippen molar-refractivity contribution in [1.82, 2.24) is 0 Å². The highest BCUT2D eigenvalue weighted by molar-refractivity contribution is 7.47. The van der Waals surface area contributed by atoms with Crippen LogP contribution in [-0.2, 0) is 13.6 Å². The number of aliphatic hydroxyl groups excluding tert-OH is 2. The molecule has 0 aliphatic heterocycles. The summed E-state index contributed by atoms with van der Waals surface area (Å²) < 4.78 is 21.5. The van der Waals surface area contributed by atoms with Gasteiger partial charge in [0.1, 0.15) is 18.8 Å². The van der Waals surface area contributed by atoms with Crippen molar-refractivity contribution >= 4 is 7.82 Å². The van der Waals surface area contributed by atoms with Crippen molar-refractivity contribution in [3.05, 3.63) is 0 Å². The van der Waals surface area contributed by atoms with Crippen LogP contribution in [-0.4, -0.2) is 72.7 Å². The largest absolute Gasteiger partial charge is 0.472 e. The van der Waals surface area contributed by atoms with Gasteiger partial charge in [-0.3, -0.25) is 9.05 Å². The molecular formula is C9H23NO6P+. The summed E-state index contributed by atoms with van der Waals surface area (Å²) in [6.07, 6.45) is -1.65. The lowest BCUT2D eigenvalue weighted by atomic mass is 10.3. The third-order valence-electron chi connectivity index (χ3n) is 1.76. The quantitative estimate of drug-likeness (QED) is 0.410. The summed E-state index contributed by atoms with van der Waals surface area (Å²) in [5, 5.41) is 17.5. The molecule has 0 radical (unpaired) electrons. The van der Waals surface area contributed by atoms with E-state index in [0.29, 0.717) is 11.0 Å². The molecule has 0 aromatic carbocycles. The maximum atomic E-state index is 11.4. The smallest absolute Gasteiger partial charge is 0.394 e. The fraction of sp³-hybridized carbons (Fsp3) is 1.00. The highest BCUT2D eigenvalue weighted by Crippen LogP contribution is 2.44. The van der Waals surface area contributed by atoms with E-state index in [1.807, 2.05) is 21.1 Å². The first kappa shape index (κ1) is 17.0. The van der Waals surface area contributed by atoms with Gasteiger partial charge in [-0.15, -0.1) is 0 Å². The van der Waals surface area contributed by atoms with E-state index in [2.05, 4.69) is 4.52 Å². The van der Waals surface area contributed by atoms with Crippen LogP contribution < -0.4 is 0 Å². The van der Waals surface area contributed by atoms with Gasteiger partial charge in [-0.2, -0.15) is 0 Å². The highest BCUT2D eigenvalue weighted by atomic mass is 31.2. The van der Waals surface area contributed by atoms with Crippen LogP contribution in [0, 0.1) is 0 Å². The standard InChI is InChI=1S/C9H22NO6P/c1-8(5-10(2,3)4)16-17(13,14)15-7-9(12)6-11/h8-9,11-12H,5-7H2,1-4H3/p+1/t8?,9-/m1/s1. The SMILES string of the molecule is CC(C[N+](C)(C)C)OP(=O)(O)OC[C@H](O)CO. The molecule has 0 spiro atoms. The second-order valence-electron chi connectivity index (χ2n) is 4.99. The molecule has 0 aromatic rings. The van der Waals surface area contributed by atoms with Crippen LogP contribution in [0.5, 0.6) is 0 Å². The van der Waals surface area contributed by atoms with Crippen molar-refractivity contribution < 1.29 is 33.2 Å². The summed E-state index contributed by atoms with van der Waals surface area (Å²) in [6, 6.07) is 0. The number of nitrogens with zero attached hydrogens (tertiary/aromatic N) is 1. The number of rotatable bonds is 8. The lowest BCUT2D eigenvalue weighted by Gasteiger charge is -2.28. The highest BCUT2D eigenvalue weighted by Gasteiger charge is 2.28. The minimum Gasteiger partial charge on any atom is -0.394 e. The van der Waals surface area contributed by atoms with Crippen molar-refractivity contribution in [3.63, 3.8) is 0 Å². The van der Waals surface area contributed by atoms with Crippen LogP contribution in [0.4, 0.5) is 0 Å². The molecule has 0 heterocycles. The van der Waals surface area contributed by atoms with E-state index < -0.39 is 33.2 Å². The molecule has 0 fully saturated rings. The van der Waals surface area contributed by atoms with Crippen LogP contribution in [0.15, 0.2) is 0 Å². The first-order valence-corrected chi connectivity index (χ1v) is 6.80. The fourth-order valence-corrected chi connectivity index (χ4v) is 2.24. The Kier molecular flexibility index (Phi) is 6.79. The zero-order valence-corrected chi connectivity index (χ0v) is 11.6. The van der Waals surface area contributed by atoms with Crippen LogP contribution in [0.1, 0.15) is 6.92 Å². The molecule has 0 amide bonds. The van der Waals surface area contributed by atoms with Gasteiger partial charge in [0.15, 0.2) is 0 Å². The molecule has 0 saturated heterocycles. The summed E-state index contributed by atoms with van der Waals surface area (Å²) in [7, 11) is 1.60. The van der Waals surface area contributed by atoms with Crippen LogP contribution in [0.25, 0.3) is 0 Å². The first-order chi connectivity index (χ1) is 7.56. The average molecular weight is 272 g/mol. The van der Waals surface area contributed by atoms with E-state index in [9.17, 15) is 9.46 Å². The molecule has 3 atom stereocenters. The summed E-state index contributed by atoms with van der Waals surface area (Å²) in [6.45, 7) is 1.23. The van der Waals surface area contributed by atoms with Gasteiger partial charge in [0, 0.05) is 0 Å². The van der Waals surface area contributed by atoms with Crippen molar-refractivity contribution in [1.29, 1.82) is 0 Å². The molecule has 0 bridgehead atoms. The topological polar surface area (TPSA) is 96.2 Å². The van der Waals surface area contributed by atoms with Gasteiger partial charge < -0.3 is 19.6 Å². The van der Waals surface area contributed by atoms with Crippen molar-refractivity contribution in [2.75, 3.05) is 40.9 Å². The van der Waals surface area contributed by atoms with Gasteiger partial charge in [0.05, 0.1) is 34.4 Å². The molecule has 0 aromatic heterocycles. The zero-order chi connectivity index (χ0) is 13.7. The number of hydrogen-bond donors (Lipinski definition) is 3. The molecular weight excluding hydrogens is 249 g/mol. The second-order valence-corrected chi connectivity index (χ2v) is 6.40. The minimum atomic E-state index is -4.18. The van der Waals surface area contributed by atoms with Gasteiger partial charge in [-0.1, -0.05) is 0 Å². The number of quaternary nitrogens is 1. The predicted octanol–water partition coefficient (Wildman–Crippen LogP) is -0.432. The van der Waals surface area contributed by atoms with Gasteiger partial charge in [-0.25, -0.2) is 4.57 Å². The van der Waals surface area contributed by atoms with Gasteiger partial charge >= 0.3 is 7.82 Å². The lowest BCUT2D eigenvalue weighted by Crippen LogP contribution is -2.41. The molecule has 17 heavy (non-hydrogen) atoms. The van der Waals surface area contributed by atoms with E-state index >= 15 is 0 Å². The van der Waals surface area contributed by atoms with E-state index in [-0.39, 0.29) is 0 Å². The Morgan fingerprint density at radius 2 is 1.88 bits per heavy atom. The number of aliphatic hydroxyl groups is 2. The number of likely N-dealkylation sites (N-methyl/N-ethyl adjacent to an activating group) is 1. The monoisotopic (exact) mass is 272 g/mol. The van der Waals surface area contributed by atoms with E-state index in [4.69, 9.17) is 14.7 Å². The molecule has 8 heteroatoms. The molecule has 2 unspecified atom stereocenters. The normalized spacial score (nSPS) is 19.7. The van der Waals surface area contributed by atoms with Gasteiger partial charge in [0.2, 0.25) is 0 Å². The van der Waals surface area contributed by atoms with Gasteiger partial charge in [0.25, 0.3) is 0 Å². The number of phosphoric acid groups is 1. The molecule has 0 rings (SSSR count). The zero-order valence-electron chi connectivity index (χ0n) is 10.7. The average Bonchev–Trinajstić information content (AvgIpc) is 2.10. The third kappa shape index (κ3) is 9.67. The minimum absolute atomic E-state index is 0.443. The fourth-order valence-electron chi connectivity index (χ4n) is 1.30. The van der Waals surface area contributed by atoms with Crippen LogP contribution in [0.2, 0.25) is 0 Å². The summed E-state index contributed by atoms with van der Waals surface area (Å²) >= 11 is 0. The Hall–Kier alpha value is -0.0100. The van der Waals surface area contributed by atoms with E-state index in [1.165, 1.54) is 0 Å². The van der Waals surface area contributed by atoms with Crippen LogP contribution in [0.3, 0.4) is 0 Å². The van der Waals surface area contributed by atoms with E-state index in [1.54, 1.807) is 6.92 Å². The van der Waals surface area contributed by atoms with Crippen LogP contribution >= 0.6 is 7.82 Å². The summed E-state index contributed by atoms with van der Waals surface area (Å²) in [5.74, 6) is 0. The van der Waals surface area contributed by atoms with Crippen molar-refractivity contribution in [2.24, 2.45) is 0 Å². The third-order valence-corrected chi connectivity index (χ3v) is 2.86. The molecule has 0 aliphatic carbocycles. The molecule has 3 N–H and O–H groups in total. The summed E-state index contributed by atoms with van der Waals surface area (Å²) in [4.78, 5) is 9.34. The second kappa shape index (κ2) is 6.80. The Bertz CT molecular complexity index is 267. The number of phosphoric ester groups is 1. The van der Waals surface area contributed by atoms with Gasteiger partial charge in [-0.05, 0) is 6.92 Å². The Balaban J connectivity index is 4.12. The Morgan fingerprint density at radius 3 is 2.29 bits per heavy atom. The molecule has 104 valence electrons. The molecule has 7 nitrogen and oxygen atoms in total. The number of hydrogen-bond acceptors (Lipinski definition) is 5. The molecule has 0 aliphatic rings.